The molecule has 22 nitrogen and oxygen atoms in total. The summed E-state index contributed by atoms with van der Waals surface area (Å²) in [6.07, 6.45) is -10.6. The topological polar surface area (TPSA) is 338 Å². The number of hydrogen-bond donors (Lipinski definition) is 4. The van der Waals surface area contributed by atoms with Gasteiger partial charge in [0.05, 0.1) is 52.7 Å². The lowest BCUT2D eigenvalue weighted by molar-refractivity contribution is -0.366. The lowest BCUT2D eigenvalue weighted by Gasteiger charge is -2.67. The molecule has 3 aromatic carbocycles. The molecule has 1 heterocycles. The molecular weight excluding hydrogens is 1020 g/mol. The highest BCUT2D eigenvalue weighted by molar-refractivity contribution is 7.84. The summed E-state index contributed by atoms with van der Waals surface area (Å²) in [6.45, 7) is 6.95. The molecule has 11 atom stereocenters. The van der Waals surface area contributed by atoms with Gasteiger partial charge in [-0.25, -0.2) is 22.8 Å². The third-order valence-electron chi connectivity index (χ3n) is 14.4. The summed E-state index contributed by atoms with van der Waals surface area (Å²) in [5.41, 5.74) is -4.13. The molecule has 7 rings (SSSR count). The Morgan fingerprint density at radius 3 is 1.95 bits per heavy atom. The van der Waals surface area contributed by atoms with Crippen LogP contribution in [0.5, 0.6) is 0 Å². The van der Waals surface area contributed by atoms with Crippen LogP contribution in [0.2, 0.25) is 0 Å². The van der Waals surface area contributed by atoms with Crippen LogP contribution >= 0.6 is 0 Å². The van der Waals surface area contributed by atoms with Crippen LogP contribution in [0.15, 0.2) is 102 Å². The third kappa shape index (κ3) is 12.0. The van der Waals surface area contributed by atoms with Gasteiger partial charge >= 0.3 is 35.8 Å². The van der Waals surface area contributed by atoms with E-state index in [4.69, 9.17) is 46.1 Å². The molecule has 23 heteroatoms. The van der Waals surface area contributed by atoms with Crippen molar-refractivity contribution in [1.29, 1.82) is 0 Å². The van der Waals surface area contributed by atoms with Gasteiger partial charge in [-0.05, 0) is 54.8 Å². The molecule has 2 bridgehead atoms. The molecule has 410 valence electrons. The summed E-state index contributed by atoms with van der Waals surface area (Å²) in [5, 5.41) is 28.9. The lowest BCUT2D eigenvalue weighted by Crippen LogP contribution is -2.82. The summed E-state index contributed by atoms with van der Waals surface area (Å²) in [5.74, 6) is -9.26. The van der Waals surface area contributed by atoms with Crippen LogP contribution < -0.4 is 11.1 Å². The summed E-state index contributed by atoms with van der Waals surface area (Å²) < 4.78 is 68.8. The van der Waals surface area contributed by atoms with Crippen LogP contribution in [0, 0.1) is 16.7 Å². The average molecular weight is 1080 g/mol. The largest absolute Gasteiger partial charge is 0.748 e. The van der Waals surface area contributed by atoms with Gasteiger partial charge in [0.1, 0.15) is 30.0 Å². The Labute approximate surface area is 438 Å². The lowest BCUT2D eigenvalue weighted by atomic mass is 9.44. The minimum Gasteiger partial charge on any atom is -0.748 e. The molecule has 6 N–H and O–H groups in total. The van der Waals surface area contributed by atoms with Crippen molar-refractivity contribution in [3.05, 3.63) is 119 Å². The molecule has 1 aliphatic heterocycles. The van der Waals surface area contributed by atoms with Crippen molar-refractivity contribution >= 4 is 57.6 Å². The van der Waals surface area contributed by atoms with Crippen molar-refractivity contribution < 1.29 is 100 Å². The van der Waals surface area contributed by atoms with Gasteiger partial charge in [0.15, 0.2) is 24.1 Å². The van der Waals surface area contributed by atoms with Gasteiger partial charge in [-0.1, -0.05) is 80.6 Å². The van der Waals surface area contributed by atoms with Gasteiger partial charge in [-0.15, -0.1) is 0 Å². The molecule has 3 fully saturated rings. The summed E-state index contributed by atoms with van der Waals surface area (Å²) in [4.78, 5) is 111. The van der Waals surface area contributed by atoms with E-state index in [1.54, 1.807) is 66.7 Å². The zero-order valence-corrected chi connectivity index (χ0v) is 43.7. The Hall–Kier alpha value is -6.89. The minimum atomic E-state index is -3.92. The van der Waals surface area contributed by atoms with E-state index in [1.807, 2.05) is 0 Å². The first kappa shape index (κ1) is 58.4. The first-order valence-corrected chi connectivity index (χ1v) is 26.0. The zero-order chi connectivity index (χ0) is 56.1. The number of benzene rings is 3. The van der Waals surface area contributed by atoms with Gasteiger partial charge in [0.2, 0.25) is 6.10 Å². The highest BCUT2D eigenvalue weighted by atomic mass is 32.2. The highest BCUT2D eigenvalue weighted by Crippen LogP contribution is 2.64. The van der Waals surface area contributed by atoms with E-state index in [0.717, 1.165) is 13.8 Å². The molecule has 0 aromatic heterocycles. The normalized spacial score (nSPS) is 28.0. The van der Waals surface area contributed by atoms with Crippen molar-refractivity contribution in [3.8, 4) is 0 Å². The SMILES string of the molecule is CC(=O)O[C@H]1C(=O)[C@@]2(C)[C@H]([C@H](OC(=O)c3ccccc3)[C@]3(O)C[C@H](OC(=O)[C@H](OC(=O)COC(=O)CC[NH3+])[C@@H](NC(=O)c4ccccc4)c4ccccc4)C(C)=C1C3(C)C)[C@]1(OC(C)=O)CO[C@@H]1C[C@@H]2O.CS(=O)(=O)[O-]. The van der Waals surface area contributed by atoms with Crippen LogP contribution in [-0.4, -0.2) is 145 Å². The van der Waals surface area contributed by atoms with Crippen LogP contribution in [0.1, 0.15) is 93.1 Å². The van der Waals surface area contributed by atoms with E-state index in [1.165, 1.54) is 52.0 Å². The first-order valence-electron chi connectivity index (χ1n) is 24.2. The van der Waals surface area contributed by atoms with Crippen molar-refractivity contribution in [2.24, 2.45) is 16.7 Å². The van der Waals surface area contributed by atoms with Gasteiger partial charge in [0, 0.05) is 43.9 Å². The second kappa shape index (κ2) is 23.2. The Kier molecular flexibility index (Phi) is 17.8. The van der Waals surface area contributed by atoms with Gasteiger partial charge in [-0.2, -0.15) is 0 Å². The standard InChI is InChI=1S/C52H58N2O17.CH4O3S/c1-28-34(68-48(63)42(69-38(59)26-65-37(58)22-23-53)40(31-16-10-7-11-17-31)54-46(61)32-18-12-8-13-19-32)25-52(64)45(70-47(62)33-20-14-9-15-21-33)43-50(6,35(57)24-36-51(43,27-66-36)71-30(3)56)44(60)41(67-29(2)55)39(28)49(52,4)5;1-5(2,3)4/h7-21,34-36,40-43,45,57,64H,22-27,53H2,1-6H3,(H,54,61);1H3,(H,2,3,4)/t34-,35-,36+,40-,41+,42+,43-,45-,50+,51-,52+;/m0./s1. The van der Waals surface area contributed by atoms with Gasteiger partial charge < -0.3 is 59.0 Å². The maximum Gasteiger partial charge on any atom is 0.350 e. The minimum absolute atomic E-state index is 0.0259. The molecule has 0 spiro atoms. The summed E-state index contributed by atoms with van der Waals surface area (Å²) >= 11 is 0. The van der Waals surface area contributed by atoms with E-state index >= 15 is 9.59 Å². The number of ether oxygens (including phenoxy) is 7. The van der Waals surface area contributed by atoms with Crippen LogP contribution in [0.3, 0.4) is 0 Å². The van der Waals surface area contributed by atoms with E-state index in [2.05, 4.69) is 11.1 Å². The van der Waals surface area contributed by atoms with E-state index in [9.17, 15) is 39.0 Å². The fraction of sp³-hybridized carbons (Fsp3) is 0.472. The monoisotopic (exact) mass is 1080 g/mol. The molecule has 1 saturated heterocycles. The molecule has 1 amide bonds. The molecule has 2 saturated carbocycles. The van der Waals surface area contributed by atoms with Crippen molar-refractivity contribution in [2.45, 2.75) is 115 Å². The molecule has 3 aromatic rings. The molecule has 3 aliphatic carbocycles. The Morgan fingerprint density at radius 1 is 0.855 bits per heavy atom. The number of aliphatic hydroxyl groups is 2. The highest BCUT2D eigenvalue weighted by Gasteiger charge is 2.78. The molecule has 76 heavy (non-hydrogen) atoms. The first-order chi connectivity index (χ1) is 35.6. The number of carbonyl (C=O) groups is 8. The van der Waals surface area contributed by atoms with Crippen molar-refractivity contribution in [1.82, 2.24) is 5.32 Å². The number of fused-ring (bicyclic) bond motifs is 5. The van der Waals surface area contributed by atoms with Crippen LogP contribution in [0.25, 0.3) is 0 Å². The van der Waals surface area contributed by atoms with Crippen LogP contribution in [-0.2, 0) is 72.0 Å². The van der Waals surface area contributed by atoms with E-state index < -0.39 is 141 Å². The number of quaternary nitrogens is 1. The maximum absolute atomic E-state index is 15.7. The zero-order valence-electron chi connectivity index (χ0n) is 42.9. The predicted octanol–water partition coefficient (Wildman–Crippen LogP) is 1.62. The fourth-order valence-corrected chi connectivity index (χ4v) is 10.8. The number of esters is 6. The maximum atomic E-state index is 15.7. The summed E-state index contributed by atoms with van der Waals surface area (Å²) in [7, 11) is -3.92. The Bertz CT molecular complexity index is 2840. The molecule has 0 radical (unpaired) electrons. The molecule has 0 unspecified atom stereocenters. The number of aliphatic hydroxyl groups excluding tert-OH is 1. The van der Waals surface area contributed by atoms with E-state index in [-0.39, 0.29) is 53.8 Å². The number of ketones is 1. The second-order valence-corrected chi connectivity index (χ2v) is 21.2. The Morgan fingerprint density at radius 2 is 1.42 bits per heavy atom. The number of Topliss-reactive ketones (excluding diaryl/α,β-unsaturated/α-hetero) is 1. The van der Waals surface area contributed by atoms with Crippen molar-refractivity contribution in [2.75, 3.05) is 26.0 Å². The fourth-order valence-electron chi connectivity index (χ4n) is 10.8. The third-order valence-corrected chi connectivity index (χ3v) is 14.4. The quantitative estimate of drug-likeness (QED) is 0.0727. The smallest absolute Gasteiger partial charge is 0.350 e. The van der Waals surface area contributed by atoms with Gasteiger partial charge in [0.25, 0.3) is 5.91 Å². The Balaban J connectivity index is 0.00000179. The van der Waals surface area contributed by atoms with Crippen LogP contribution in [0.4, 0.5) is 0 Å². The number of carbonyl (C=O) groups excluding carboxylic acids is 8. The number of nitrogens with one attached hydrogen (secondary N) is 1. The number of amides is 1. The number of rotatable bonds is 15. The molecule has 4 aliphatic rings. The van der Waals surface area contributed by atoms with Gasteiger partial charge in [-0.3, -0.25) is 24.0 Å². The van der Waals surface area contributed by atoms with Crippen molar-refractivity contribution in [3.63, 3.8) is 0 Å². The number of hydrogen-bond acceptors (Lipinski definition) is 20. The average Bonchev–Trinajstić information content (AvgIpc) is 3.42. The predicted molar refractivity (Wildman–Crippen MR) is 261 cm³/mol. The van der Waals surface area contributed by atoms with E-state index in [0.29, 0.717) is 6.26 Å². The molecular formula is C53H62N2O20S. The summed E-state index contributed by atoms with van der Waals surface area (Å²) in [6, 6.07) is 22.2. The second-order valence-electron chi connectivity index (χ2n) is 19.8.